The molecule has 1 atom stereocenters. The highest BCUT2D eigenvalue weighted by molar-refractivity contribution is 5.24. The molecule has 0 bridgehead atoms. The van der Waals surface area contributed by atoms with Crippen LogP contribution in [-0.2, 0) is 11.3 Å². The molecule has 1 unspecified atom stereocenters. The van der Waals surface area contributed by atoms with Crippen LogP contribution in [0.15, 0.2) is 24.3 Å². The van der Waals surface area contributed by atoms with Crippen LogP contribution in [-0.4, -0.2) is 13.7 Å². The zero-order chi connectivity index (χ0) is 9.68. The number of methoxy groups -OCH3 is 1. The van der Waals surface area contributed by atoms with Crippen molar-refractivity contribution in [3.05, 3.63) is 35.4 Å². The van der Waals surface area contributed by atoms with Crippen LogP contribution in [0.3, 0.4) is 0 Å². The molecule has 0 fully saturated rings. The minimum atomic E-state index is 0.455. The summed E-state index contributed by atoms with van der Waals surface area (Å²) in [5.41, 5.74) is 7.99. The summed E-state index contributed by atoms with van der Waals surface area (Å²) < 4.78 is 5.09. The highest BCUT2D eigenvalue weighted by Crippen LogP contribution is 2.15. The first kappa shape index (κ1) is 10.2. The van der Waals surface area contributed by atoms with E-state index in [2.05, 4.69) is 31.2 Å². The van der Waals surface area contributed by atoms with E-state index in [-0.39, 0.29) is 0 Å². The summed E-state index contributed by atoms with van der Waals surface area (Å²) in [7, 11) is 1.73. The maximum atomic E-state index is 5.51. The molecule has 72 valence electrons. The molecule has 0 aliphatic heterocycles. The monoisotopic (exact) mass is 179 g/mol. The van der Waals surface area contributed by atoms with Crippen LogP contribution >= 0.6 is 0 Å². The lowest BCUT2D eigenvalue weighted by molar-refractivity contribution is 0.184. The van der Waals surface area contributed by atoms with Crippen LogP contribution < -0.4 is 5.73 Å². The van der Waals surface area contributed by atoms with E-state index in [0.29, 0.717) is 12.5 Å². The van der Waals surface area contributed by atoms with Crippen molar-refractivity contribution in [1.82, 2.24) is 0 Å². The zero-order valence-corrected chi connectivity index (χ0v) is 8.29. The van der Waals surface area contributed by atoms with Crippen molar-refractivity contribution in [3.63, 3.8) is 0 Å². The standard InChI is InChI=1S/C11H17NO/c1-9(8-13-2)11-5-3-10(7-12)4-6-11/h3-6,9H,7-8,12H2,1-2H3. The van der Waals surface area contributed by atoms with Gasteiger partial charge in [0, 0.05) is 19.6 Å². The van der Waals surface area contributed by atoms with E-state index in [9.17, 15) is 0 Å². The van der Waals surface area contributed by atoms with Crippen LogP contribution in [0.25, 0.3) is 0 Å². The Morgan fingerprint density at radius 3 is 2.38 bits per heavy atom. The summed E-state index contributed by atoms with van der Waals surface area (Å²) in [6.45, 7) is 3.53. The molecule has 0 aliphatic carbocycles. The highest BCUT2D eigenvalue weighted by Gasteiger charge is 2.03. The largest absolute Gasteiger partial charge is 0.384 e. The van der Waals surface area contributed by atoms with E-state index in [1.165, 1.54) is 11.1 Å². The Morgan fingerprint density at radius 1 is 1.31 bits per heavy atom. The third-order valence-corrected chi connectivity index (χ3v) is 2.20. The number of nitrogens with two attached hydrogens (primary N) is 1. The molecule has 2 heteroatoms. The molecule has 0 radical (unpaired) electrons. The van der Waals surface area contributed by atoms with Crippen LogP contribution in [0.5, 0.6) is 0 Å². The van der Waals surface area contributed by atoms with E-state index < -0.39 is 0 Å². The molecule has 1 aromatic carbocycles. The lowest BCUT2D eigenvalue weighted by Crippen LogP contribution is -2.02. The van der Waals surface area contributed by atoms with Gasteiger partial charge in [-0.25, -0.2) is 0 Å². The topological polar surface area (TPSA) is 35.2 Å². The van der Waals surface area contributed by atoms with Crippen LogP contribution in [0.4, 0.5) is 0 Å². The molecule has 0 heterocycles. The summed E-state index contributed by atoms with van der Waals surface area (Å²) in [6.07, 6.45) is 0. The van der Waals surface area contributed by atoms with E-state index in [4.69, 9.17) is 10.5 Å². The van der Waals surface area contributed by atoms with Crippen LogP contribution in [0, 0.1) is 0 Å². The van der Waals surface area contributed by atoms with Gasteiger partial charge in [-0.1, -0.05) is 31.2 Å². The summed E-state index contributed by atoms with van der Waals surface area (Å²) in [5, 5.41) is 0. The molecule has 13 heavy (non-hydrogen) atoms. The van der Waals surface area contributed by atoms with Crippen molar-refractivity contribution in [3.8, 4) is 0 Å². The lowest BCUT2D eigenvalue weighted by Gasteiger charge is -2.10. The molecule has 0 spiro atoms. The molecule has 0 amide bonds. The number of rotatable bonds is 4. The Bertz CT molecular complexity index is 243. The predicted octanol–water partition coefficient (Wildman–Crippen LogP) is 1.90. The average molecular weight is 179 g/mol. The first-order valence-electron chi connectivity index (χ1n) is 4.55. The summed E-state index contributed by atoms with van der Waals surface area (Å²) >= 11 is 0. The molecule has 0 aromatic heterocycles. The zero-order valence-electron chi connectivity index (χ0n) is 8.29. The summed E-state index contributed by atoms with van der Waals surface area (Å²) in [5.74, 6) is 0.455. The van der Waals surface area contributed by atoms with E-state index in [0.717, 1.165) is 6.61 Å². The first-order valence-corrected chi connectivity index (χ1v) is 4.55. The molecule has 1 aromatic rings. The van der Waals surface area contributed by atoms with Gasteiger partial charge in [0.2, 0.25) is 0 Å². The normalized spacial score (nSPS) is 12.8. The number of benzene rings is 1. The fourth-order valence-corrected chi connectivity index (χ4v) is 1.33. The van der Waals surface area contributed by atoms with Gasteiger partial charge in [-0.15, -0.1) is 0 Å². The summed E-state index contributed by atoms with van der Waals surface area (Å²) in [6, 6.07) is 8.38. The highest BCUT2D eigenvalue weighted by atomic mass is 16.5. The first-order chi connectivity index (χ1) is 6.27. The molecule has 0 saturated heterocycles. The van der Waals surface area contributed by atoms with Crippen molar-refractivity contribution in [2.24, 2.45) is 5.73 Å². The van der Waals surface area contributed by atoms with Crippen molar-refractivity contribution >= 4 is 0 Å². The average Bonchev–Trinajstić information content (AvgIpc) is 2.18. The second-order valence-electron chi connectivity index (χ2n) is 3.30. The van der Waals surface area contributed by atoms with Gasteiger partial charge in [0.15, 0.2) is 0 Å². The van der Waals surface area contributed by atoms with E-state index in [1.807, 2.05) is 0 Å². The SMILES string of the molecule is COCC(C)c1ccc(CN)cc1. The molecule has 0 aliphatic rings. The fraction of sp³-hybridized carbons (Fsp3) is 0.455. The van der Waals surface area contributed by atoms with Gasteiger partial charge in [-0.05, 0) is 11.1 Å². The van der Waals surface area contributed by atoms with Gasteiger partial charge < -0.3 is 10.5 Å². The van der Waals surface area contributed by atoms with Gasteiger partial charge >= 0.3 is 0 Å². The quantitative estimate of drug-likeness (QED) is 0.766. The van der Waals surface area contributed by atoms with Gasteiger partial charge in [0.25, 0.3) is 0 Å². The lowest BCUT2D eigenvalue weighted by atomic mass is 10.0. The summed E-state index contributed by atoms with van der Waals surface area (Å²) in [4.78, 5) is 0. The third-order valence-electron chi connectivity index (χ3n) is 2.20. The van der Waals surface area contributed by atoms with Gasteiger partial charge in [0.1, 0.15) is 0 Å². The molecule has 2 N–H and O–H groups in total. The maximum Gasteiger partial charge on any atom is 0.0528 e. The third kappa shape index (κ3) is 2.83. The van der Waals surface area contributed by atoms with E-state index >= 15 is 0 Å². The number of hydrogen-bond donors (Lipinski definition) is 1. The number of ether oxygens (including phenoxy) is 1. The molecular formula is C11H17NO. The molecular weight excluding hydrogens is 162 g/mol. The molecule has 2 nitrogen and oxygen atoms in total. The second kappa shape index (κ2) is 5.00. The predicted molar refractivity (Wildman–Crippen MR) is 54.6 cm³/mol. The van der Waals surface area contributed by atoms with Gasteiger partial charge in [-0.2, -0.15) is 0 Å². The Morgan fingerprint density at radius 2 is 1.92 bits per heavy atom. The maximum absolute atomic E-state index is 5.51. The van der Waals surface area contributed by atoms with Crippen LogP contribution in [0.1, 0.15) is 24.0 Å². The van der Waals surface area contributed by atoms with Crippen molar-refractivity contribution in [2.75, 3.05) is 13.7 Å². The smallest absolute Gasteiger partial charge is 0.0528 e. The Kier molecular flexibility index (Phi) is 3.93. The van der Waals surface area contributed by atoms with Crippen molar-refractivity contribution in [2.45, 2.75) is 19.4 Å². The minimum absolute atomic E-state index is 0.455. The molecule has 1 rings (SSSR count). The molecule has 0 saturated carbocycles. The van der Waals surface area contributed by atoms with Gasteiger partial charge in [0.05, 0.1) is 6.61 Å². The Labute approximate surface area is 79.7 Å². The van der Waals surface area contributed by atoms with Crippen molar-refractivity contribution < 1.29 is 4.74 Å². The Hall–Kier alpha value is -0.860. The van der Waals surface area contributed by atoms with Gasteiger partial charge in [-0.3, -0.25) is 0 Å². The minimum Gasteiger partial charge on any atom is -0.384 e. The Balaban J connectivity index is 2.67. The number of hydrogen-bond acceptors (Lipinski definition) is 2. The van der Waals surface area contributed by atoms with Crippen molar-refractivity contribution in [1.29, 1.82) is 0 Å². The second-order valence-corrected chi connectivity index (χ2v) is 3.30. The fourth-order valence-electron chi connectivity index (χ4n) is 1.33. The van der Waals surface area contributed by atoms with Crippen LogP contribution in [0.2, 0.25) is 0 Å². The van der Waals surface area contributed by atoms with E-state index in [1.54, 1.807) is 7.11 Å².